The van der Waals surface area contributed by atoms with Crippen LogP contribution in [0.25, 0.3) is 0 Å². The molecule has 2 fully saturated rings. The van der Waals surface area contributed by atoms with E-state index in [1.165, 1.54) is 19.3 Å². The van der Waals surface area contributed by atoms with Crippen LogP contribution < -0.4 is 11.1 Å². The van der Waals surface area contributed by atoms with Crippen molar-refractivity contribution in [1.29, 1.82) is 0 Å². The Labute approximate surface area is 150 Å². The molecule has 0 spiro atoms. The van der Waals surface area contributed by atoms with Crippen molar-refractivity contribution in [2.24, 2.45) is 23.5 Å². The number of aromatic nitrogens is 1. The van der Waals surface area contributed by atoms with Crippen LogP contribution in [0.4, 0.5) is 0 Å². The summed E-state index contributed by atoms with van der Waals surface area (Å²) in [6.07, 6.45) is 6.35. The van der Waals surface area contributed by atoms with E-state index >= 15 is 0 Å². The molecule has 3 atom stereocenters. The third-order valence-corrected chi connectivity index (χ3v) is 5.86. The largest absolute Gasteiger partial charge is 0.361 e. The molecule has 2 aliphatic rings. The predicted octanol–water partition coefficient (Wildman–Crippen LogP) is 2.91. The van der Waals surface area contributed by atoms with Crippen molar-refractivity contribution in [1.82, 2.24) is 10.5 Å². The molecule has 0 saturated heterocycles. The zero-order valence-electron chi connectivity index (χ0n) is 14.9. The number of hydrogen-bond acceptors (Lipinski definition) is 4. The van der Waals surface area contributed by atoms with Gasteiger partial charge in [-0.1, -0.05) is 11.6 Å². The number of nitrogens with two attached hydrogens (primary N) is 1. The van der Waals surface area contributed by atoms with Gasteiger partial charge in [0.15, 0.2) is 0 Å². The van der Waals surface area contributed by atoms with Gasteiger partial charge in [0.2, 0.25) is 5.91 Å². The highest BCUT2D eigenvalue weighted by atomic mass is 35.5. The summed E-state index contributed by atoms with van der Waals surface area (Å²) in [5.74, 6) is 2.26. The number of carbonyl (C=O) groups is 1. The molecule has 1 aromatic heterocycles. The van der Waals surface area contributed by atoms with Crippen LogP contribution in [0.3, 0.4) is 0 Å². The number of nitrogens with one attached hydrogen (secondary N) is 1. The lowest BCUT2D eigenvalue weighted by atomic mass is 9.65. The minimum atomic E-state index is 0. The number of rotatable bonds is 4. The second kappa shape index (κ2) is 7.87. The van der Waals surface area contributed by atoms with Gasteiger partial charge in [-0.3, -0.25) is 4.79 Å². The normalized spacial score (nSPS) is 30.3. The van der Waals surface area contributed by atoms with Gasteiger partial charge in [-0.05, 0) is 64.7 Å². The summed E-state index contributed by atoms with van der Waals surface area (Å²) in [6, 6.07) is 0.405. The molecule has 24 heavy (non-hydrogen) atoms. The number of hydrogen-bond donors (Lipinski definition) is 2. The summed E-state index contributed by atoms with van der Waals surface area (Å²) in [6.45, 7) is 5.93. The van der Waals surface area contributed by atoms with Crippen LogP contribution in [0, 0.1) is 31.6 Å². The lowest BCUT2D eigenvalue weighted by Crippen LogP contribution is -2.50. The van der Waals surface area contributed by atoms with Crippen LogP contribution >= 0.6 is 12.4 Å². The van der Waals surface area contributed by atoms with E-state index in [1.807, 2.05) is 13.8 Å². The molecule has 5 nitrogen and oxygen atoms in total. The lowest BCUT2D eigenvalue weighted by molar-refractivity contribution is -0.128. The molecule has 0 aliphatic heterocycles. The number of amides is 1. The molecule has 2 aliphatic carbocycles. The fourth-order valence-corrected chi connectivity index (χ4v) is 4.51. The Balaban J connectivity index is 0.00000208. The Morgan fingerprint density at radius 1 is 1.33 bits per heavy atom. The van der Waals surface area contributed by atoms with E-state index in [1.54, 1.807) is 0 Å². The van der Waals surface area contributed by atoms with Gasteiger partial charge in [0.1, 0.15) is 5.76 Å². The minimum Gasteiger partial charge on any atom is -0.361 e. The Hall–Kier alpha value is -1.07. The summed E-state index contributed by atoms with van der Waals surface area (Å²) in [7, 11) is 0. The first kappa shape index (κ1) is 19.3. The first-order valence-corrected chi connectivity index (χ1v) is 8.93. The molecule has 3 N–H and O–H groups in total. The molecule has 136 valence electrons. The number of nitrogens with zero attached hydrogens (tertiary/aromatic N) is 1. The molecule has 2 saturated carbocycles. The van der Waals surface area contributed by atoms with Crippen LogP contribution in [0.5, 0.6) is 0 Å². The first-order valence-electron chi connectivity index (χ1n) is 8.93. The SMILES string of the molecule is Cc1noc(C)c1CC(C)NC(=O)C1CC2CCCC(C1)C2N.Cl. The second-order valence-corrected chi connectivity index (χ2v) is 7.61. The predicted molar refractivity (Wildman–Crippen MR) is 96.1 cm³/mol. The molecule has 6 heteroatoms. The Morgan fingerprint density at radius 2 is 1.96 bits per heavy atom. The van der Waals surface area contributed by atoms with E-state index in [4.69, 9.17) is 10.3 Å². The van der Waals surface area contributed by atoms with Crippen molar-refractivity contribution in [3.63, 3.8) is 0 Å². The molecule has 1 aromatic rings. The van der Waals surface area contributed by atoms with Crippen molar-refractivity contribution >= 4 is 18.3 Å². The van der Waals surface area contributed by atoms with E-state index < -0.39 is 0 Å². The van der Waals surface area contributed by atoms with Gasteiger partial charge >= 0.3 is 0 Å². The number of carbonyl (C=O) groups excluding carboxylic acids is 1. The maximum Gasteiger partial charge on any atom is 0.223 e. The van der Waals surface area contributed by atoms with Gasteiger partial charge in [-0.2, -0.15) is 0 Å². The third kappa shape index (κ3) is 3.94. The van der Waals surface area contributed by atoms with Crippen molar-refractivity contribution in [2.45, 2.75) is 71.4 Å². The minimum absolute atomic E-state index is 0. The third-order valence-electron chi connectivity index (χ3n) is 5.86. The highest BCUT2D eigenvalue weighted by Gasteiger charge is 2.40. The summed E-state index contributed by atoms with van der Waals surface area (Å²) in [5.41, 5.74) is 8.35. The molecular weight excluding hydrogens is 326 g/mol. The molecule has 2 bridgehead atoms. The molecular formula is C18H30ClN3O2. The zero-order chi connectivity index (χ0) is 16.6. The van der Waals surface area contributed by atoms with Crippen molar-refractivity contribution in [3.05, 3.63) is 17.0 Å². The van der Waals surface area contributed by atoms with Gasteiger partial charge in [0, 0.05) is 23.6 Å². The van der Waals surface area contributed by atoms with E-state index in [9.17, 15) is 4.79 Å². The monoisotopic (exact) mass is 355 g/mol. The van der Waals surface area contributed by atoms with E-state index in [0.717, 1.165) is 36.3 Å². The van der Waals surface area contributed by atoms with E-state index in [-0.39, 0.29) is 30.3 Å². The molecule has 1 heterocycles. The number of fused-ring (bicyclic) bond motifs is 2. The summed E-state index contributed by atoms with van der Waals surface area (Å²) in [4.78, 5) is 12.7. The fraction of sp³-hybridized carbons (Fsp3) is 0.778. The zero-order valence-corrected chi connectivity index (χ0v) is 15.7. The summed E-state index contributed by atoms with van der Waals surface area (Å²) in [5, 5.41) is 7.18. The average Bonchev–Trinajstić information content (AvgIpc) is 2.78. The average molecular weight is 356 g/mol. The second-order valence-electron chi connectivity index (χ2n) is 7.61. The quantitative estimate of drug-likeness (QED) is 0.870. The van der Waals surface area contributed by atoms with Crippen molar-refractivity contribution < 1.29 is 9.32 Å². The van der Waals surface area contributed by atoms with Crippen molar-refractivity contribution in [3.8, 4) is 0 Å². The molecule has 0 radical (unpaired) electrons. The van der Waals surface area contributed by atoms with E-state index in [2.05, 4.69) is 17.4 Å². The molecule has 3 rings (SSSR count). The van der Waals surface area contributed by atoms with Gasteiger partial charge in [0.25, 0.3) is 0 Å². The van der Waals surface area contributed by atoms with Crippen LogP contribution in [0.1, 0.15) is 56.0 Å². The Bertz CT molecular complexity index is 541. The van der Waals surface area contributed by atoms with Gasteiger partial charge < -0.3 is 15.6 Å². The van der Waals surface area contributed by atoms with Gasteiger partial charge in [-0.15, -0.1) is 12.4 Å². The Kier molecular flexibility index (Phi) is 6.32. The molecule has 0 aromatic carbocycles. The van der Waals surface area contributed by atoms with Crippen LogP contribution in [-0.4, -0.2) is 23.1 Å². The van der Waals surface area contributed by atoms with Gasteiger partial charge in [0.05, 0.1) is 5.69 Å². The van der Waals surface area contributed by atoms with Crippen LogP contribution in [0.15, 0.2) is 4.52 Å². The molecule has 3 unspecified atom stereocenters. The Morgan fingerprint density at radius 3 is 2.50 bits per heavy atom. The lowest BCUT2D eigenvalue weighted by Gasteiger charge is -2.43. The van der Waals surface area contributed by atoms with Gasteiger partial charge in [-0.25, -0.2) is 0 Å². The maximum atomic E-state index is 12.7. The van der Waals surface area contributed by atoms with Crippen LogP contribution in [0.2, 0.25) is 0 Å². The fourth-order valence-electron chi connectivity index (χ4n) is 4.51. The maximum absolute atomic E-state index is 12.7. The standard InChI is InChI=1S/C18H29N3O2.ClH/c1-10(7-16-11(2)21-23-12(16)3)20-18(22)15-8-13-5-4-6-14(9-15)17(13)19;/h10,13-15,17H,4-9,19H2,1-3H3,(H,20,22);1H. The summed E-state index contributed by atoms with van der Waals surface area (Å²) >= 11 is 0. The first-order chi connectivity index (χ1) is 11.0. The highest BCUT2D eigenvalue weighted by molar-refractivity contribution is 5.85. The topological polar surface area (TPSA) is 81.2 Å². The van der Waals surface area contributed by atoms with Crippen molar-refractivity contribution in [2.75, 3.05) is 0 Å². The number of halogens is 1. The number of aryl methyl sites for hydroxylation is 2. The smallest absolute Gasteiger partial charge is 0.223 e. The van der Waals surface area contributed by atoms with E-state index in [0.29, 0.717) is 17.9 Å². The highest BCUT2D eigenvalue weighted by Crippen LogP contribution is 2.41. The summed E-state index contributed by atoms with van der Waals surface area (Å²) < 4.78 is 5.20. The van der Waals surface area contributed by atoms with Crippen LogP contribution in [-0.2, 0) is 11.2 Å². The molecule has 1 amide bonds.